The lowest BCUT2D eigenvalue weighted by atomic mass is 9.91. The first-order valence-electron chi connectivity index (χ1n) is 8.44. The first kappa shape index (κ1) is 16.1. The van der Waals surface area contributed by atoms with Gasteiger partial charge in [-0.2, -0.15) is 5.10 Å². The standard InChI is InChI=1S/C18H26N4O/c1-14-10-19-7-5-15(14)6-8-20-11-16-4-3-9-23-18(16)17-12-21-22(2)13-17/h5,7,10,12-13,16,18,20H,3-4,6,8-9,11H2,1-2H3/t16-,18+/m0/s1. The number of aromatic nitrogens is 3. The van der Waals surface area contributed by atoms with Crippen molar-refractivity contribution in [1.29, 1.82) is 0 Å². The molecule has 1 aliphatic rings. The minimum absolute atomic E-state index is 0.174. The molecule has 0 aliphatic carbocycles. The summed E-state index contributed by atoms with van der Waals surface area (Å²) < 4.78 is 7.87. The van der Waals surface area contributed by atoms with E-state index in [0.29, 0.717) is 5.92 Å². The Morgan fingerprint density at radius 2 is 2.30 bits per heavy atom. The van der Waals surface area contributed by atoms with Crippen LogP contribution in [-0.2, 0) is 18.2 Å². The molecule has 0 spiro atoms. The number of nitrogens with one attached hydrogen (secondary N) is 1. The van der Waals surface area contributed by atoms with Crippen molar-refractivity contribution in [2.24, 2.45) is 13.0 Å². The van der Waals surface area contributed by atoms with Crippen LogP contribution in [0.1, 0.15) is 35.6 Å². The van der Waals surface area contributed by atoms with Crippen LogP contribution in [0.2, 0.25) is 0 Å². The predicted octanol–water partition coefficient (Wildman–Crippen LogP) is 2.42. The number of aryl methyl sites for hydroxylation is 2. The normalized spacial score (nSPS) is 21.5. The first-order chi connectivity index (χ1) is 11.2. The van der Waals surface area contributed by atoms with E-state index in [4.69, 9.17) is 4.74 Å². The molecule has 0 radical (unpaired) electrons. The van der Waals surface area contributed by atoms with Gasteiger partial charge in [0.1, 0.15) is 0 Å². The monoisotopic (exact) mass is 314 g/mol. The third-order valence-corrected chi connectivity index (χ3v) is 4.61. The van der Waals surface area contributed by atoms with Crippen molar-refractivity contribution < 1.29 is 4.74 Å². The summed E-state index contributed by atoms with van der Waals surface area (Å²) in [6, 6.07) is 2.11. The zero-order valence-electron chi connectivity index (χ0n) is 14.0. The second-order valence-electron chi connectivity index (χ2n) is 6.40. The minimum Gasteiger partial charge on any atom is -0.373 e. The molecule has 0 saturated carbocycles. The van der Waals surface area contributed by atoms with E-state index >= 15 is 0 Å². The lowest BCUT2D eigenvalue weighted by Crippen LogP contribution is -2.32. The Morgan fingerprint density at radius 3 is 3.09 bits per heavy atom. The van der Waals surface area contributed by atoms with Crippen LogP contribution in [0, 0.1) is 12.8 Å². The SMILES string of the molecule is Cc1cnccc1CCNC[C@@H]1CCCO[C@H]1c1cnn(C)c1. The summed E-state index contributed by atoms with van der Waals surface area (Å²) in [5.74, 6) is 0.520. The topological polar surface area (TPSA) is 52.0 Å². The van der Waals surface area contributed by atoms with Gasteiger partial charge in [0.2, 0.25) is 0 Å². The van der Waals surface area contributed by atoms with Gasteiger partial charge in [-0.1, -0.05) is 0 Å². The average molecular weight is 314 g/mol. The Balaban J connectivity index is 1.51. The van der Waals surface area contributed by atoms with Crippen LogP contribution < -0.4 is 5.32 Å². The number of ether oxygens (including phenoxy) is 1. The molecule has 2 aromatic heterocycles. The largest absolute Gasteiger partial charge is 0.373 e. The molecule has 3 rings (SSSR count). The highest BCUT2D eigenvalue weighted by molar-refractivity contribution is 5.21. The van der Waals surface area contributed by atoms with E-state index in [1.54, 1.807) is 0 Å². The molecule has 0 bridgehead atoms. The molecule has 2 aromatic rings. The first-order valence-corrected chi connectivity index (χ1v) is 8.44. The maximum atomic E-state index is 6.02. The highest BCUT2D eigenvalue weighted by Crippen LogP contribution is 2.32. The van der Waals surface area contributed by atoms with Gasteiger partial charge in [0.05, 0.1) is 12.3 Å². The van der Waals surface area contributed by atoms with E-state index < -0.39 is 0 Å². The van der Waals surface area contributed by atoms with Crippen molar-refractivity contribution in [3.8, 4) is 0 Å². The van der Waals surface area contributed by atoms with E-state index in [-0.39, 0.29) is 6.10 Å². The summed E-state index contributed by atoms with van der Waals surface area (Å²) in [5, 5.41) is 7.89. The Bertz CT molecular complexity index is 625. The number of hydrogen-bond acceptors (Lipinski definition) is 4. The summed E-state index contributed by atoms with van der Waals surface area (Å²) in [4.78, 5) is 4.15. The number of nitrogens with zero attached hydrogens (tertiary/aromatic N) is 3. The number of pyridine rings is 1. The molecule has 5 heteroatoms. The van der Waals surface area contributed by atoms with E-state index in [1.165, 1.54) is 23.1 Å². The molecule has 0 aromatic carbocycles. The molecule has 3 heterocycles. The maximum Gasteiger partial charge on any atom is 0.0895 e. The van der Waals surface area contributed by atoms with Crippen molar-refractivity contribution in [3.05, 3.63) is 47.5 Å². The van der Waals surface area contributed by atoms with E-state index in [9.17, 15) is 0 Å². The highest BCUT2D eigenvalue weighted by atomic mass is 16.5. The van der Waals surface area contributed by atoms with Crippen LogP contribution in [0.3, 0.4) is 0 Å². The van der Waals surface area contributed by atoms with Crippen molar-refractivity contribution >= 4 is 0 Å². The van der Waals surface area contributed by atoms with Crippen LogP contribution in [0.4, 0.5) is 0 Å². The fourth-order valence-electron chi connectivity index (χ4n) is 3.30. The number of rotatable bonds is 6. The van der Waals surface area contributed by atoms with Gasteiger partial charge in [-0.15, -0.1) is 0 Å². The van der Waals surface area contributed by atoms with Gasteiger partial charge in [-0.3, -0.25) is 9.67 Å². The summed E-state index contributed by atoms with van der Waals surface area (Å²) in [5.41, 5.74) is 3.84. The molecule has 0 amide bonds. The average Bonchev–Trinajstić information content (AvgIpc) is 3.00. The van der Waals surface area contributed by atoms with Crippen LogP contribution >= 0.6 is 0 Å². The molecule has 5 nitrogen and oxygen atoms in total. The van der Waals surface area contributed by atoms with E-state index in [0.717, 1.165) is 32.5 Å². The van der Waals surface area contributed by atoms with Gasteiger partial charge in [-0.25, -0.2) is 0 Å². The van der Waals surface area contributed by atoms with Crippen LogP contribution in [0.25, 0.3) is 0 Å². The third-order valence-electron chi connectivity index (χ3n) is 4.61. The van der Waals surface area contributed by atoms with E-state index in [2.05, 4.69) is 34.6 Å². The zero-order valence-corrected chi connectivity index (χ0v) is 14.0. The van der Waals surface area contributed by atoms with E-state index in [1.807, 2.05) is 30.3 Å². The second-order valence-corrected chi connectivity index (χ2v) is 6.40. The van der Waals surface area contributed by atoms with Crippen LogP contribution in [-0.4, -0.2) is 34.5 Å². The van der Waals surface area contributed by atoms with Crippen molar-refractivity contribution in [1.82, 2.24) is 20.1 Å². The van der Waals surface area contributed by atoms with Gasteiger partial charge >= 0.3 is 0 Å². The zero-order chi connectivity index (χ0) is 16.1. The Morgan fingerprint density at radius 1 is 1.39 bits per heavy atom. The minimum atomic E-state index is 0.174. The predicted molar refractivity (Wildman–Crippen MR) is 90.2 cm³/mol. The molecule has 1 aliphatic heterocycles. The fraction of sp³-hybridized carbons (Fsp3) is 0.556. The molecule has 0 unspecified atom stereocenters. The second kappa shape index (κ2) is 7.70. The molecular formula is C18H26N4O. The molecule has 2 atom stereocenters. The third kappa shape index (κ3) is 4.18. The molecular weight excluding hydrogens is 288 g/mol. The fourth-order valence-corrected chi connectivity index (χ4v) is 3.30. The Labute approximate surface area is 138 Å². The summed E-state index contributed by atoms with van der Waals surface area (Å²) in [6.07, 6.45) is 11.4. The quantitative estimate of drug-likeness (QED) is 0.832. The molecule has 1 fully saturated rings. The van der Waals surface area contributed by atoms with Crippen molar-refractivity contribution in [3.63, 3.8) is 0 Å². The summed E-state index contributed by atoms with van der Waals surface area (Å²) in [7, 11) is 1.95. The van der Waals surface area contributed by atoms with Gasteiger partial charge in [0.25, 0.3) is 0 Å². The van der Waals surface area contributed by atoms with Crippen molar-refractivity contribution in [2.45, 2.75) is 32.3 Å². The van der Waals surface area contributed by atoms with Gasteiger partial charge < -0.3 is 10.1 Å². The molecule has 23 heavy (non-hydrogen) atoms. The Hall–Kier alpha value is -1.72. The summed E-state index contributed by atoms with van der Waals surface area (Å²) in [6.45, 7) is 4.95. The molecule has 124 valence electrons. The van der Waals surface area contributed by atoms with Gasteiger partial charge in [-0.05, 0) is 49.9 Å². The molecule has 1 saturated heterocycles. The number of hydrogen-bond donors (Lipinski definition) is 1. The van der Waals surface area contributed by atoms with Gasteiger partial charge in [0, 0.05) is 50.3 Å². The lowest BCUT2D eigenvalue weighted by molar-refractivity contribution is -0.0277. The van der Waals surface area contributed by atoms with Crippen molar-refractivity contribution in [2.75, 3.05) is 19.7 Å². The summed E-state index contributed by atoms with van der Waals surface area (Å²) >= 11 is 0. The van der Waals surface area contributed by atoms with Gasteiger partial charge in [0.15, 0.2) is 0 Å². The Kier molecular flexibility index (Phi) is 5.41. The maximum absolute atomic E-state index is 6.02. The van der Waals surface area contributed by atoms with Crippen LogP contribution in [0.5, 0.6) is 0 Å². The highest BCUT2D eigenvalue weighted by Gasteiger charge is 2.28. The molecule has 1 N–H and O–H groups in total. The lowest BCUT2D eigenvalue weighted by Gasteiger charge is -2.31. The smallest absolute Gasteiger partial charge is 0.0895 e. The van der Waals surface area contributed by atoms with Crippen LogP contribution in [0.15, 0.2) is 30.9 Å².